The molecule has 26 heavy (non-hydrogen) atoms. The van der Waals surface area contributed by atoms with Crippen molar-refractivity contribution < 1.29 is 23.9 Å². The maximum atomic E-state index is 12.6. The molecule has 3 amide bonds. The Morgan fingerprint density at radius 3 is 2.23 bits per heavy atom. The molecule has 0 saturated carbocycles. The Morgan fingerprint density at radius 2 is 1.73 bits per heavy atom. The zero-order valence-corrected chi connectivity index (χ0v) is 16.6. The second kappa shape index (κ2) is 13.4. The number of carbonyl (C=O) groups is 4. The number of thioether (sulfide) groups is 1. The van der Waals surface area contributed by atoms with E-state index in [4.69, 9.17) is 5.73 Å². The maximum Gasteiger partial charge on any atom is 0.325 e. The maximum absolute atomic E-state index is 12.6. The van der Waals surface area contributed by atoms with Gasteiger partial charge in [-0.05, 0) is 30.8 Å². The van der Waals surface area contributed by atoms with Crippen molar-refractivity contribution in [1.29, 1.82) is 0 Å². The monoisotopic (exact) mass is 390 g/mol. The summed E-state index contributed by atoms with van der Waals surface area (Å²) in [4.78, 5) is 47.6. The molecule has 0 aliphatic carbocycles. The molecule has 0 spiro atoms. The van der Waals surface area contributed by atoms with Gasteiger partial charge in [0.05, 0.1) is 13.7 Å². The van der Waals surface area contributed by atoms with Crippen LogP contribution in [-0.4, -0.2) is 68.0 Å². The van der Waals surface area contributed by atoms with E-state index in [1.807, 2.05) is 20.1 Å². The summed E-state index contributed by atoms with van der Waals surface area (Å²) in [5.41, 5.74) is 5.29. The van der Waals surface area contributed by atoms with Crippen LogP contribution in [0.1, 0.15) is 26.7 Å². The quantitative estimate of drug-likeness (QED) is 0.313. The fraction of sp³-hybridized carbons (Fsp3) is 0.750. The molecule has 5 N–H and O–H groups in total. The lowest BCUT2D eigenvalue weighted by molar-refractivity contribution is -0.141. The summed E-state index contributed by atoms with van der Waals surface area (Å²) in [5, 5.41) is 7.66. The summed E-state index contributed by atoms with van der Waals surface area (Å²) in [7, 11) is 1.22. The molecule has 9 nitrogen and oxygen atoms in total. The smallest absolute Gasteiger partial charge is 0.325 e. The van der Waals surface area contributed by atoms with Crippen molar-refractivity contribution in [2.75, 3.05) is 32.2 Å². The standard InChI is InChI=1S/C16H30N4O5S/c1-10(2)7-12(19-13(21)8-17)16(24)20-11(5-6-26-4)15(23)18-9-14(22)25-3/h10-12H,5-9,17H2,1-4H3,(H,18,23)(H,19,21)(H,20,24). The topological polar surface area (TPSA) is 140 Å². The first-order chi connectivity index (χ1) is 12.2. The van der Waals surface area contributed by atoms with E-state index in [1.165, 1.54) is 18.9 Å². The van der Waals surface area contributed by atoms with Crippen LogP contribution in [0.25, 0.3) is 0 Å². The molecular formula is C16H30N4O5S. The molecular weight excluding hydrogens is 360 g/mol. The van der Waals surface area contributed by atoms with Crippen molar-refractivity contribution in [3.63, 3.8) is 0 Å². The second-order valence-corrected chi connectivity index (χ2v) is 7.08. The highest BCUT2D eigenvalue weighted by Gasteiger charge is 2.27. The first kappa shape index (κ1) is 24.2. The molecule has 0 aliphatic heterocycles. The van der Waals surface area contributed by atoms with Crippen molar-refractivity contribution in [1.82, 2.24) is 16.0 Å². The lowest BCUT2D eigenvalue weighted by Crippen LogP contribution is -2.55. The molecule has 0 aromatic rings. The van der Waals surface area contributed by atoms with Gasteiger partial charge in [0.1, 0.15) is 18.6 Å². The number of esters is 1. The number of hydrogen-bond acceptors (Lipinski definition) is 7. The van der Waals surface area contributed by atoms with Gasteiger partial charge in [-0.15, -0.1) is 0 Å². The van der Waals surface area contributed by atoms with Gasteiger partial charge in [-0.25, -0.2) is 0 Å². The van der Waals surface area contributed by atoms with Gasteiger partial charge in [-0.1, -0.05) is 13.8 Å². The Hall–Kier alpha value is -1.81. The van der Waals surface area contributed by atoms with Crippen LogP contribution in [0.2, 0.25) is 0 Å². The van der Waals surface area contributed by atoms with Gasteiger partial charge < -0.3 is 26.4 Å². The zero-order chi connectivity index (χ0) is 20.1. The minimum Gasteiger partial charge on any atom is -0.468 e. The van der Waals surface area contributed by atoms with Gasteiger partial charge in [0.2, 0.25) is 17.7 Å². The highest BCUT2D eigenvalue weighted by atomic mass is 32.2. The van der Waals surface area contributed by atoms with Crippen LogP contribution in [0.15, 0.2) is 0 Å². The van der Waals surface area contributed by atoms with E-state index >= 15 is 0 Å². The Balaban J connectivity index is 5.00. The summed E-state index contributed by atoms with van der Waals surface area (Å²) in [6.07, 6.45) is 2.68. The molecule has 0 rings (SSSR count). The molecule has 0 bridgehead atoms. The predicted octanol–water partition coefficient (Wildman–Crippen LogP) is -0.997. The van der Waals surface area contributed by atoms with E-state index in [1.54, 1.807) is 0 Å². The number of hydrogen-bond donors (Lipinski definition) is 4. The third-order valence-electron chi connectivity index (χ3n) is 3.42. The average Bonchev–Trinajstić information content (AvgIpc) is 2.61. The molecule has 2 unspecified atom stereocenters. The number of ether oxygens (including phenoxy) is 1. The van der Waals surface area contributed by atoms with E-state index in [0.717, 1.165) is 0 Å². The lowest BCUT2D eigenvalue weighted by Gasteiger charge is -2.24. The number of amides is 3. The van der Waals surface area contributed by atoms with Gasteiger partial charge in [0.25, 0.3) is 0 Å². The van der Waals surface area contributed by atoms with Crippen molar-refractivity contribution in [2.24, 2.45) is 11.7 Å². The zero-order valence-electron chi connectivity index (χ0n) is 15.8. The van der Waals surface area contributed by atoms with Crippen molar-refractivity contribution in [2.45, 2.75) is 38.8 Å². The Morgan fingerprint density at radius 1 is 1.08 bits per heavy atom. The minimum atomic E-state index is -0.816. The highest BCUT2D eigenvalue weighted by molar-refractivity contribution is 7.98. The summed E-state index contributed by atoms with van der Waals surface area (Å²) < 4.78 is 4.48. The van der Waals surface area contributed by atoms with Gasteiger partial charge in [-0.2, -0.15) is 11.8 Å². The van der Waals surface area contributed by atoms with E-state index in [-0.39, 0.29) is 19.0 Å². The minimum absolute atomic E-state index is 0.154. The first-order valence-electron chi connectivity index (χ1n) is 8.38. The van der Waals surface area contributed by atoms with Gasteiger partial charge >= 0.3 is 5.97 Å². The van der Waals surface area contributed by atoms with Crippen LogP contribution in [0.5, 0.6) is 0 Å². The third-order valence-corrected chi connectivity index (χ3v) is 4.07. The Labute approximate surface area is 158 Å². The molecule has 0 aliphatic rings. The fourth-order valence-electron chi connectivity index (χ4n) is 2.09. The number of carbonyl (C=O) groups excluding carboxylic acids is 4. The van der Waals surface area contributed by atoms with Crippen LogP contribution in [0, 0.1) is 5.92 Å². The Bertz CT molecular complexity index is 487. The number of nitrogens with one attached hydrogen (secondary N) is 3. The molecule has 150 valence electrons. The van der Waals surface area contributed by atoms with E-state index < -0.39 is 35.8 Å². The summed E-state index contributed by atoms with van der Waals surface area (Å²) >= 11 is 1.53. The third kappa shape index (κ3) is 10.2. The van der Waals surface area contributed by atoms with Crippen molar-refractivity contribution >= 4 is 35.5 Å². The number of methoxy groups -OCH3 is 1. The highest BCUT2D eigenvalue weighted by Crippen LogP contribution is 2.07. The van der Waals surface area contributed by atoms with Crippen LogP contribution in [0.4, 0.5) is 0 Å². The van der Waals surface area contributed by atoms with Crippen molar-refractivity contribution in [3.8, 4) is 0 Å². The largest absolute Gasteiger partial charge is 0.468 e. The van der Waals surface area contributed by atoms with E-state index in [2.05, 4.69) is 20.7 Å². The molecule has 0 aromatic heterocycles. The van der Waals surface area contributed by atoms with Crippen LogP contribution < -0.4 is 21.7 Å². The molecule has 10 heteroatoms. The van der Waals surface area contributed by atoms with Gasteiger partial charge in [-0.3, -0.25) is 19.2 Å². The molecule has 0 radical (unpaired) electrons. The summed E-state index contributed by atoms with van der Waals surface area (Å²) in [6, 6.07) is -1.60. The molecule has 0 aromatic carbocycles. The SMILES string of the molecule is COC(=O)CNC(=O)C(CCSC)NC(=O)C(CC(C)C)NC(=O)CN. The molecule has 2 atom stereocenters. The van der Waals surface area contributed by atoms with Gasteiger partial charge in [0.15, 0.2) is 0 Å². The molecule has 0 heterocycles. The van der Waals surface area contributed by atoms with Crippen molar-refractivity contribution in [3.05, 3.63) is 0 Å². The average molecular weight is 391 g/mol. The van der Waals surface area contributed by atoms with E-state index in [9.17, 15) is 19.2 Å². The summed E-state index contributed by atoms with van der Waals surface area (Å²) in [6.45, 7) is 3.34. The fourth-order valence-corrected chi connectivity index (χ4v) is 2.56. The first-order valence-corrected chi connectivity index (χ1v) is 9.77. The van der Waals surface area contributed by atoms with Crippen LogP contribution >= 0.6 is 11.8 Å². The Kier molecular flexibility index (Phi) is 12.5. The number of nitrogens with two attached hydrogens (primary N) is 1. The van der Waals surface area contributed by atoms with E-state index in [0.29, 0.717) is 18.6 Å². The molecule has 0 saturated heterocycles. The second-order valence-electron chi connectivity index (χ2n) is 6.09. The summed E-state index contributed by atoms with van der Waals surface area (Å²) in [5.74, 6) is -1.17. The predicted molar refractivity (Wildman–Crippen MR) is 100 cm³/mol. The normalized spacial score (nSPS) is 12.8. The van der Waals surface area contributed by atoms with Crippen LogP contribution in [0.3, 0.4) is 0 Å². The van der Waals surface area contributed by atoms with Gasteiger partial charge in [0, 0.05) is 0 Å². The molecule has 0 fully saturated rings. The van der Waals surface area contributed by atoms with Crippen LogP contribution in [-0.2, 0) is 23.9 Å². The number of rotatable bonds is 12. The lowest BCUT2D eigenvalue weighted by atomic mass is 10.0.